The van der Waals surface area contributed by atoms with Crippen molar-refractivity contribution in [2.24, 2.45) is 11.8 Å². The summed E-state index contributed by atoms with van der Waals surface area (Å²) >= 11 is 0. The Hall–Kier alpha value is -1.27. The minimum Gasteiger partial charge on any atom is -0.469 e. The molecule has 7 heteroatoms. The molecule has 20 heavy (non-hydrogen) atoms. The summed E-state index contributed by atoms with van der Waals surface area (Å²) in [5.74, 6) is -3.76. The molecule has 0 saturated heterocycles. The molecule has 1 fully saturated rings. The maximum absolute atomic E-state index is 12.9. The van der Waals surface area contributed by atoms with Gasteiger partial charge in [-0.1, -0.05) is 12.8 Å². The van der Waals surface area contributed by atoms with E-state index in [1.165, 1.54) is 7.11 Å². The number of alkyl halides is 3. The zero-order chi connectivity index (χ0) is 15.3. The molecular weight excluding hydrogens is 275 g/mol. The highest BCUT2D eigenvalue weighted by molar-refractivity contribution is 5.80. The Bertz CT molecular complexity index is 357. The molecule has 0 heterocycles. The number of amides is 1. The number of carbonyl (C=O) groups excluding carboxylic acids is 2. The molecule has 1 aliphatic rings. The van der Waals surface area contributed by atoms with Gasteiger partial charge >= 0.3 is 12.1 Å². The molecule has 0 unspecified atom stereocenters. The lowest BCUT2D eigenvalue weighted by Gasteiger charge is -2.32. The van der Waals surface area contributed by atoms with Crippen molar-refractivity contribution in [2.45, 2.75) is 51.2 Å². The Morgan fingerprint density at radius 2 is 1.90 bits per heavy atom. The number of nitrogens with one attached hydrogen (secondary N) is 1. The largest absolute Gasteiger partial charge is 0.469 e. The Kier molecular flexibility index (Phi) is 5.83. The van der Waals surface area contributed by atoms with Gasteiger partial charge in [-0.15, -0.1) is 0 Å². The van der Waals surface area contributed by atoms with Crippen LogP contribution in [0.15, 0.2) is 0 Å². The van der Waals surface area contributed by atoms with Gasteiger partial charge in [-0.05, 0) is 19.8 Å². The van der Waals surface area contributed by atoms with Crippen LogP contribution in [0.4, 0.5) is 13.2 Å². The second kappa shape index (κ2) is 6.95. The summed E-state index contributed by atoms with van der Waals surface area (Å²) in [4.78, 5) is 23.0. The average molecular weight is 295 g/mol. The molecular formula is C13H20F3NO3. The number of hydrogen-bond acceptors (Lipinski definition) is 3. The SMILES string of the molecule is COC(=O)C[C@H](C)NC(=O)[C@H]1CCCC[C@H]1C(F)(F)F. The van der Waals surface area contributed by atoms with Crippen LogP contribution in [0.5, 0.6) is 0 Å². The molecule has 0 aromatic rings. The second-order valence-corrected chi connectivity index (χ2v) is 5.23. The van der Waals surface area contributed by atoms with Gasteiger partial charge in [0.1, 0.15) is 0 Å². The van der Waals surface area contributed by atoms with Crippen LogP contribution in [0, 0.1) is 11.8 Å². The van der Waals surface area contributed by atoms with E-state index < -0.39 is 35.9 Å². The molecule has 3 atom stereocenters. The first-order valence-corrected chi connectivity index (χ1v) is 6.69. The van der Waals surface area contributed by atoms with Gasteiger partial charge in [0.05, 0.1) is 19.4 Å². The monoisotopic (exact) mass is 295 g/mol. The lowest BCUT2D eigenvalue weighted by Crippen LogP contribution is -2.45. The first kappa shape index (κ1) is 16.8. The van der Waals surface area contributed by atoms with Gasteiger partial charge in [-0.3, -0.25) is 9.59 Å². The molecule has 0 bridgehead atoms. The van der Waals surface area contributed by atoms with Gasteiger partial charge in [0, 0.05) is 12.0 Å². The number of hydrogen-bond donors (Lipinski definition) is 1. The van der Waals surface area contributed by atoms with Gasteiger partial charge in [-0.25, -0.2) is 0 Å². The highest BCUT2D eigenvalue weighted by atomic mass is 19.4. The van der Waals surface area contributed by atoms with E-state index in [4.69, 9.17) is 0 Å². The first-order valence-electron chi connectivity index (χ1n) is 6.69. The van der Waals surface area contributed by atoms with Crippen molar-refractivity contribution in [3.63, 3.8) is 0 Å². The molecule has 1 rings (SSSR count). The van der Waals surface area contributed by atoms with E-state index in [0.717, 1.165) is 0 Å². The van der Waals surface area contributed by atoms with E-state index >= 15 is 0 Å². The van der Waals surface area contributed by atoms with Crippen molar-refractivity contribution < 1.29 is 27.5 Å². The summed E-state index contributed by atoms with van der Waals surface area (Å²) in [5, 5.41) is 2.48. The highest BCUT2D eigenvalue weighted by Gasteiger charge is 2.48. The van der Waals surface area contributed by atoms with Gasteiger partial charge in [0.2, 0.25) is 5.91 Å². The van der Waals surface area contributed by atoms with Crippen molar-refractivity contribution in [1.82, 2.24) is 5.32 Å². The van der Waals surface area contributed by atoms with E-state index in [1.54, 1.807) is 6.92 Å². The second-order valence-electron chi connectivity index (χ2n) is 5.23. The molecule has 0 aromatic carbocycles. The molecule has 0 spiro atoms. The summed E-state index contributed by atoms with van der Waals surface area (Å²) in [6.07, 6.45) is -3.06. The number of esters is 1. The minimum absolute atomic E-state index is 0.00697. The van der Waals surface area contributed by atoms with Crippen LogP contribution in [-0.4, -0.2) is 31.2 Å². The maximum Gasteiger partial charge on any atom is 0.392 e. The molecule has 4 nitrogen and oxygen atoms in total. The van der Waals surface area contributed by atoms with Crippen molar-refractivity contribution in [3.8, 4) is 0 Å². The van der Waals surface area contributed by atoms with Crippen LogP contribution >= 0.6 is 0 Å². The zero-order valence-electron chi connectivity index (χ0n) is 11.6. The molecule has 0 aromatic heterocycles. The third kappa shape index (κ3) is 4.68. The van der Waals surface area contributed by atoms with Gasteiger partial charge in [-0.2, -0.15) is 13.2 Å². The van der Waals surface area contributed by atoms with Crippen LogP contribution in [0.3, 0.4) is 0 Å². The van der Waals surface area contributed by atoms with Crippen LogP contribution in [-0.2, 0) is 14.3 Å². The summed E-state index contributed by atoms with van der Waals surface area (Å²) in [5.41, 5.74) is 0. The predicted molar refractivity (Wildman–Crippen MR) is 65.7 cm³/mol. The number of methoxy groups -OCH3 is 1. The number of ether oxygens (including phenoxy) is 1. The Morgan fingerprint density at radius 3 is 2.45 bits per heavy atom. The van der Waals surface area contributed by atoms with Crippen LogP contribution in [0.2, 0.25) is 0 Å². The van der Waals surface area contributed by atoms with Crippen molar-refractivity contribution in [2.75, 3.05) is 7.11 Å². The lowest BCUT2D eigenvalue weighted by atomic mass is 9.78. The van der Waals surface area contributed by atoms with Gasteiger partial charge in [0.25, 0.3) is 0 Å². The smallest absolute Gasteiger partial charge is 0.392 e. The Morgan fingerprint density at radius 1 is 1.30 bits per heavy atom. The molecule has 116 valence electrons. The fourth-order valence-electron chi connectivity index (χ4n) is 2.57. The topological polar surface area (TPSA) is 55.4 Å². The number of carbonyl (C=O) groups is 2. The quantitative estimate of drug-likeness (QED) is 0.810. The number of rotatable bonds is 4. The van der Waals surface area contributed by atoms with Crippen molar-refractivity contribution in [1.29, 1.82) is 0 Å². The van der Waals surface area contributed by atoms with Crippen LogP contribution < -0.4 is 5.32 Å². The molecule has 1 aliphatic carbocycles. The van der Waals surface area contributed by atoms with Crippen molar-refractivity contribution >= 4 is 11.9 Å². The van der Waals surface area contributed by atoms with Gasteiger partial charge in [0.15, 0.2) is 0 Å². The average Bonchev–Trinajstić information content (AvgIpc) is 2.37. The summed E-state index contributed by atoms with van der Waals surface area (Å²) < 4.78 is 43.2. The summed E-state index contributed by atoms with van der Waals surface area (Å²) in [7, 11) is 1.22. The van der Waals surface area contributed by atoms with Crippen LogP contribution in [0.1, 0.15) is 39.0 Å². The van der Waals surface area contributed by atoms with Crippen molar-refractivity contribution in [3.05, 3.63) is 0 Å². The van der Waals surface area contributed by atoms with Gasteiger partial charge < -0.3 is 10.1 Å². The first-order chi connectivity index (χ1) is 9.25. The predicted octanol–water partition coefficient (Wildman–Crippen LogP) is 2.42. The van der Waals surface area contributed by atoms with E-state index in [1.807, 2.05) is 0 Å². The lowest BCUT2D eigenvalue weighted by molar-refractivity contribution is -0.198. The van der Waals surface area contributed by atoms with Crippen LogP contribution in [0.25, 0.3) is 0 Å². The van der Waals surface area contributed by atoms with E-state index in [-0.39, 0.29) is 19.3 Å². The fraction of sp³-hybridized carbons (Fsp3) is 0.846. The summed E-state index contributed by atoms with van der Waals surface area (Å²) in [6.45, 7) is 1.57. The zero-order valence-corrected chi connectivity index (χ0v) is 11.6. The standard InChI is InChI=1S/C13H20F3NO3/c1-8(7-11(18)20-2)17-12(19)9-5-3-4-6-10(9)13(14,15)16/h8-10H,3-7H2,1-2H3,(H,17,19)/t8-,9-,10+/m0/s1. The Balaban J connectivity index is 2.62. The highest BCUT2D eigenvalue weighted by Crippen LogP contribution is 2.41. The molecule has 0 aliphatic heterocycles. The molecule has 1 amide bonds. The molecule has 1 N–H and O–H groups in total. The third-order valence-corrected chi connectivity index (χ3v) is 3.61. The van der Waals surface area contributed by atoms with E-state index in [9.17, 15) is 22.8 Å². The molecule has 1 saturated carbocycles. The molecule has 0 radical (unpaired) electrons. The maximum atomic E-state index is 12.9. The fourth-order valence-corrected chi connectivity index (χ4v) is 2.57. The number of halogens is 3. The Labute approximate surface area is 116 Å². The minimum atomic E-state index is -4.35. The van der Waals surface area contributed by atoms with E-state index in [2.05, 4.69) is 10.1 Å². The summed E-state index contributed by atoms with van der Waals surface area (Å²) in [6, 6.07) is -0.536. The third-order valence-electron chi connectivity index (χ3n) is 3.61. The normalized spacial score (nSPS) is 24.9. The van der Waals surface area contributed by atoms with E-state index in [0.29, 0.717) is 12.8 Å².